The van der Waals surface area contributed by atoms with Gasteiger partial charge < -0.3 is 10.4 Å². The first-order valence-electron chi connectivity index (χ1n) is 5.46. The maximum Gasteiger partial charge on any atom is 0.257 e. The van der Waals surface area contributed by atoms with Gasteiger partial charge in [0.2, 0.25) is 0 Å². The molecule has 0 unspecified atom stereocenters. The van der Waals surface area contributed by atoms with Crippen molar-refractivity contribution in [1.82, 2.24) is 0 Å². The zero-order chi connectivity index (χ0) is 13.0. The Kier molecular flexibility index (Phi) is 3.97. The van der Waals surface area contributed by atoms with Crippen molar-refractivity contribution in [2.75, 3.05) is 5.32 Å². The summed E-state index contributed by atoms with van der Waals surface area (Å²) in [4.78, 5) is 11.8. The first-order chi connectivity index (χ1) is 8.66. The molecular formula is C14H12ClNO2. The van der Waals surface area contributed by atoms with Gasteiger partial charge in [0.1, 0.15) is 0 Å². The van der Waals surface area contributed by atoms with E-state index in [4.69, 9.17) is 11.6 Å². The van der Waals surface area contributed by atoms with E-state index in [1.165, 1.54) is 0 Å². The van der Waals surface area contributed by atoms with Gasteiger partial charge in [0.25, 0.3) is 5.91 Å². The van der Waals surface area contributed by atoms with Crippen LogP contribution in [0.4, 0.5) is 5.69 Å². The smallest absolute Gasteiger partial charge is 0.257 e. The molecule has 1 amide bonds. The molecule has 0 aromatic heterocycles. The Balaban J connectivity index is 2.09. The molecule has 1 atom stereocenters. The van der Waals surface area contributed by atoms with Crippen LogP contribution in [0.1, 0.15) is 11.7 Å². The number of benzene rings is 2. The monoisotopic (exact) mass is 261 g/mol. The Morgan fingerprint density at radius 3 is 2.50 bits per heavy atom. The molecule has 4 heteroatoms. The molecule has 0 spiro atoms. The lowest BCUT2D eigenvalue weighted by Crippen LogP contribution is -2.20. The molecular weight excluding hydrogens is 250 g/mol. The Hall–Kier alpha value is -1.84. The largest absolute Gasteiger partial charge is 0.378 e. The van der Waals surface area contributed by atoms with Gasteiger partial charge in [-0.15, -0.1) is 0 Å². The fraction of sp³-hybridized carbons (Fsp3) is 0.0714. The predicted molar refractivity (Wildman–Crippen MR) is 71.5 cm³/mol. The van der Waals surface area contributed by atoms with E-state index in [1.54, 1.807) is 48.5 Å². The lowest BCUT2D eigenvalue weighted by Gasteiger charge is -2.11. The highest BCUT2D eigenvalue weighted by atomic mass is 35.5. The molecule has 2 N–H and O–H groups in total. The summed E-state index contributed by atoms with van der Waals surface area (Å²) in [6.07, 6.45) is -1.19. The van der Waals surface area contributed by atoms with Gasteiger partial charge in [-0.25, -0.2) is 0 Å². The highest BCUT2D eigenvalue weighted by molar-refractivity contribution is 6.30. The first kappa shape index (κ1) is 12.6. The van der Waals surface area contributed by atoms with Gasteiger partial charge in [-0.1, -0.05) is 48.0 Å². The van der Waals surface area contributed by atoms with Gasteiger partial charge in [-0.2, -0.15) is 0 Å². The number of carbonyl (C=O) groups excluding carboxylic acids is 1. The van der Waals surface area contributed by atoms with Crippen LogP contribution in [0.5, 0.6) is 0 Å². The molecule has 0 aliphatic carbocycles. The summed E-state index contributed by atoms with van der Waals surface area (Å²) < 4.78 is 0. The summed E-state index contributed by atoms with van der Waals surface area (Å²) in [6.45, 7) is 0. The van der Waals surface area contributed by atoms with E-state index in [0.717, 1.165) is 0 Å². The van der Waals surface area contributed by atoms with Gasteiger partial charge in [-0.3, -0.25) is 4.79 Å². The molecule has 0 aliphatic rings. The Morgan fingerprint density at radius 1 is 1.11 bits per heavy atom. The number of hydrogen-bond donors (Lipinski definition) is 2. The van der Waals surface area contributed by atoms with Crippen LogP contribution >= 0.6 is 11.6 Å². The molecule has 0 aliphatic heterocycles. The molecule has 0 saturated heterocycles. The average Bonchev–Trinajstić information content (AvgIpc) is 2.39. The van der Waals surface area contributed by atoms with Crippen molar-refractivity contribution < 1.29 is 9.90 Å². The van der Waals surface area contributed by atoms with Gasteiger partial charge in [0, 0.05) is 10.7 Å². The van der Waals surface area contributed by atoms with Crippen molar-refractivity contribution in [1.29, 1.82) is 0 Å². The lowest BCUT2D eigenvalue weighted by molar-refractivity contribution is -0.124. The van der Waals surface area contributed by atoms with Crippen LogP contribution < -0.4 is 5.32 Å². The van der Waals surface area contributed by atoms with E-state index in [1.807, 2.05) is 6.07 Å². The third-order valence-electron chi connectivity index (χ3n) is 2.46. The van der Waals surface area contributed by atoms with Gasteiger partial charge in [0.15, 0.2) is 6.10 Å². The Bertz CT molecular complexity index is 543. The van der Waals surface area contributed by atoms with E-state index in [-0.39, 0.29) is 0 Å². The zero-order valence-corrected chi connectivity index (χ0v) is 10.3. The number of amides is 1. The van der Waals surface area contributed by atoms with Gasteiger partial charge >= 0.3 is 0 Å². The number of anilines is 1. The van der Waals surface area contributed by atoms with E-state index in [2.05, 4.69) is 5.32 Å². The minimum absolute atomic E-state index is 0.483. The standard InChI is InChI=1S/C14H12ClNO2/c15-11-7-4-8-12(9-11)16-14(18)13(17)10-5-2-1-3-6-10/h1-9,13,17H,(H,16,18)/t13-/m0/s1. The second-order valence-electron chi connectivity index (χ2n) is 3.81. The lowest BCUT2D eigenvalue weighted by atomic mass is 10.1. The third kappa shape index (κ3) is 3.09. The Morgan fingerprint density at radius 2 is 1.83 bits per heavy atom. The summed E-state index contributed by atoms with van der Waals surface area (Å²) in [7, 11) is 0. The van der Waals surface area contributed by atoms with E-state index in [0.29, 0.717) is 16.3 Å². The van der Waals surface area contributed by atoms with Crippen LogP contribution in [0, 0.1) is 0 Å². The summed E-state index contributed by atoms with van der Waals surface area (Å²) in [5.74, 6) is -0.483. The molecule has 0 bridgehead atoms. The van der Waals surface area contributed by atoms with Crippen LogP contribution in [0.15, 0.2) is 54.6 Å². The number of nitrogens with one attached hydrogen (secondary N) is 1. The van der Waals surface area contributed by atoms with Crippen molar-refractivity contribution >= 4 is 23.2 Å². The minimum Gasteiger partial charge on any atom is -0.378 e. The number of aliphatic hydroxyl groups is 1. The van der Waals surface area contributed by atoms with Crippen molar-refractivity contribution in [3.05, 3.63) is 65.2 Å². The van der Waals surface area contributed by atoms with Crippen LogP contribution in [-0.4, -0.2) is 11.0 Å². The molecule has 18 heavy (non-hydrogen) atoms. The summed E-state index contributed by atoms with van der Waals surface area (Å²) >= 11 is 5.81. The second kappa shape index (κ2) is 5.67. The molecule has 92 valence electrons. The maximum absolute atomic E-state index is 11.8. The molecule has 0 heterocycles. The molecule has 0 radical (unpaired) electrons. The quantitative estimate of drug-likeness (QED) is 0.892. The van der Waals surface area contributed by atoms with Crippen molar-refractivity contribution in [2.24, 2.45) is 0 Å². The second-order valence-corrected chi connectivity index (χ2v) is 4.25. The first-order valence-corrected chi connectivity index (χ1v) is 5.84. The van der Waals surface area contributed by atoms with Crippen molar-refractivity contribution in [2.45, 2.75) is 6.10 Å². The van der Waals surface area contributed by atoms with Crippen LogP contribution in [-0.2, 0) is 4.79 Å². The topological polar surface area (TPSA) is 49.3 Å². The highest BCUT2D eigenvalue weighted by Gasteiger charge is 2.16. The van der Waals surface area contributed by atoms with Crippen LogP contribution in [0.25, 0.3) is 0 Å². The van der Waals surface area contributed by atoms with E-state index < -0.39 is 12.0 Å². The molecule has 0 saturated carbocycles. The van der Waals surface area contributed by atoms with Crippen molar-refractivity contribution in [3.8, 4) is 0 Å². The molecule has 2 rings (SSSR count). The van der Waals surface area contributed by atoms with Crippen LogP contribution in [0.3, 0.4) is 0 Å². The normalized spacial score (nSPS) is 11.9. The number of hydrogen-bond acceptors (Lipinski definition) is 2. The third-order valence-corrected chi connectivity index (χ3v) is 2.69. The molecule has 3 nitrogen and oxygen atoms in total. The van der Waals surface area contributed by atoms with Crippen LogP contribution in [0.2, 0.25) is 5.02 Å². The zero-order valence-electron chi connectivity index (χ0n) is 9.51. The molecule has 0 fully saturated rings. The summed E-state index contributed by atoms with van der Waals surface area (Å²) in [5, 5.41) is 13.0. The Labute approximate surface area is 110 Å². The predicted octanol–water partition coefficient (Wildman–Crippen LogP) is 3.01. The SMILES string of the molecule is O=C(Nc1cccc(Cl)c1)[C@@H](O)c1ccccc1. The van der Waals surface area contributed by atoms with Gasteiger partial charge in [0.05, 0.1) is 0 Å². The summed E-state index contributed by atoms with van der Waals surface area (Å²) in [5.41, 5.74) is 1.11. The van der Waals surface area contributed by atoms with Gasteiger partial charge in [-0.05, 0) is 23.8 Å². The van der Waals surface area contributed by atoms with E-state index >= 15 is 0 Å². The maximum atomic E-state index is 11.8. The summed E-state index contributed by atoms with van der Waals surface area (Å²) in [6, 6.07) is 15.5. The number of rotatable bonds is 3. The number of aliphatic hydroxyl groups excluding tert-OH is 1. The fourth-order valence-electron chi connectivity index (χ4n) is 1.56. The molecule has 2 aromatic rings. The van der Waals surface area contributed by atoms with Crippen molar-refractivity contribution in [3.63, 3.8) is 0 Å². The average molecular weight is 262 g/mol. The minimum atomic E-state index is -1.19. The number of carbonyl (C=O) groups is 1. The number of halogens is 1. The van der Waals surface area contributed by atoms with E-state index in [9.17, 15) is 9.90 Å². The highest BCUT2D eigenvalue weighted by Crippen LogP contribution is 2.18. The fourth-order valence-corrected chi connectivity index (χ4v) is 1.75. The molecule has 2 aromatic carbocycles.